The van der Waals surface area contributed by atoms with Crippen LogP contribution in [-0.4, -0.2) is 0 Å². The Morgan fingerprint density at radius 2 is 1.50 bits per heavy atom. The van der Waals surface area contributed by atoms with Crippen LogP contribution in [-0.2, 0) is 0 Å². The molecule has 0 aliphatic carbocycles. The third kappa shape index (κ3) is 2.65. The molecule has 0 saturated carbocycles. The third-order valence-corrected chi connectivity index (χ3v) is 4.02. The number of alkyl halides is 1. The maximum atomic E-state index is 13.8. The summed E-state index contributed by atoms with van der Waals surface area (Å²) in [6.45, 7) is 3.74. The minimum Gasteiger partial charge on any atom is -0.204 e. The lowest BCUT2D eigenvalue weighted by molar-refractivity contribution is 0.441. The van der Waals surface area contributed by atoms with E-state index in [4.69, 9.17) is 23.2 Å². The normalized spacial score (nSPS) is 12.6. The average molecular weight is 319 g/mol. The van der Waals surface area contributed by atoms with E-state index >= 15 is 0 Å². The summed E-state index contributed by atoms with van der Waals surface area (Å²) in [5, 5.41) is -0.630. The molecule has 2 rings (SSSR count). The van der Waals surface area contributed by atoms with Crippen molar-refractivity contribution in [2.24, 2.45) is 0 Å². The summed E-state index contributed by atoms with van der Waals surface area (Å²) >= 11 is 12.3. The molecule has 1 atom stereocenters. The summed E-state index contributed by atoms with van der Waals surface area (Å²) in [5.41, 5.74) is 2.21. The van der Waals surface area contributed by atoms with Crippen molar-refractivity contribution in [3.63, 3.8) is 0 Å². The topological polar surface area (TPSA) is 0 Å². The Morgan fingerprint density at radius 1 is 0.900 bits per heavy atom. The van der Waals surface area contributed by atoms with Crippen LogP contribution in [0.25, 0.3) is 0 Å². The summed E-state index contributed by atoms with van der Waals surface area (Å²) in [6.07, 6.45) is 0. The maximum Gasteiger partial charge on any atom is 0.194 e. The first-order valence-electron chi connectivity index (χ1n) is 5.87. The second-order valence-corrected chi connectivity index (χ2v) is 5.43. The van der Waals surface area contributed by atoms with Crippen LogP contribution in [0.15, 0.2) is 24.3 Å². The van der Waals surface area contributed by atoms with Crippen molar-refractivity contribution in [2.45, 2.75) is 19.2 Å². The van der Waals surface area contributed by atoms with Gasteiger partial charge in [-0.15, -0.1) is 11.6 Å². The SMILES string of the molecule is Cc1cc(Cl)c(C(Cl)c2ccc(F)c(F)c2F)cc1C. The highest BCUT2D eigenvalue weighted by molar-refractivity contribution is 6.33. The first-order chi connectivity index (χ1) is 9.32. The summed E-state index contributed by atoms with van der Waals surface area (Å²) in [6, 6.07) is 5.39. The van der Waals surface area contributed by atoms with Gasteiger partial charge in [0.2, 0.25) is 0 Å². The molecule has 0 nitrogen and oxygen atoms in total. The second kappa shape index (κ2) is 5.66. The van der Waals surface area contributed by atoms with Crippen LogP contribution in [0.2, 0.25) is 5.02 Å². The van der Waals surface area contributed by atoms with Gasteiger partial charge in [0.05, 0.1) is 5.38 Å². The van der Waals surface area contributed by atoms with Gasteiger partial charge in [-0.25, -0.2) is 13.2 Å². The van der Waals surface area contributed by atoms with E-state index in [1.165, 1.54) is 0 Å². The van der Waals surface area contributed by atoms with Crippen LogP contribution < -0.4 is 0 Å². The molecule has 1 unspecified atom stereocenters. The lowest BCUT2D eigenvalue weighted by atomic mass is 9.99. The molecule has 0 bridgehead atoms. The van der Waals surface area contributed by atoms with E-state index in [9.17, 15) is 13.2 Å². The van der Waals surface area contributed by atoms with Gasteiger partial charge in [0, 0.05) is 10.6 Å². The van der Waals surface area contributed by atoms with Gasteiger partial charge in [-0.05, 0) is 42.7 Å². The molecule has 106 valence electrons. The Morgan fingerprint density at radius 3 is 2.15 bits per heavy atom. The number of hydrogen-bond donors (Lipinski definition) is 0. The molecule has 2 aromatic rings. The van der Waals surface area contributed by atoms with Gasteiger partial charge in [0.15, 0.2) is 17.5 Å². The summed E-state index contributed by atoms with van der Waals surface area (Å²) < 4.78 is 40.0. The second-order valence-electron chi connectivity index (χ2n) is 4.59. The van der Waals surface area contributed by atoms with Gasteiger partial charge >= 0.3 is 0 Å². The Labute approximate surface area is 125 Å². The summed E-state index contributed by atoms with van der Waals surface area (Å²) in [5.74, 6) is -4.08. The minimum absolute atomic E-state index is 0.143. The maximum absolute atomic E-state index is 13.8. The molecule has 0 saturated heterocycles. The quantitative estimate of drug-likeness (QED) is 0.492. The molecule has 0 aliphatic heterocycles. The van der Waals surface area contributed by atoms with Gasteiger partial charge in [0.1, 0.15) is 0 Å². The predicted molar refractivity (Wildman–Crippen MR) is 74.9 cm³/mol. The highest BCUT2D eigenvalue weighted by atomic mass is 35.5. The fourth-order valence-corrected chi connectivity index (χ4v) is 2.63. The van der Waals surface area contributed by atoms with E-state index in [-0.39, 0.29) is 5.56 Å². The van der Waals surface area contributed by atoms with Gasteiger partial charge < -0.3 is 0 Å². The van der Waals surface area contributed by atoms with E-state index < -0.39 is 22.8 Å². The Hall–Kier alpha value is -1.19. The summed E-state index contributed by atoms with van der Waals surface area (Å²) in [4.78, 5) is 0. The van der Waals surface area contributed by atoms with Gasteiger partial charge in [-0.1, -0.05) is 23.7 Å². The zero-order valence-electron chi connectivity index (χ0n) is 10.8. The number of halogens is 5. The van der Waals surface area contributed by atoms with E-state index in [0.29, 0.717) is 10.6 Å². The van der Waals surface area contributed by atoms with Crippen LogP contribution in [0.4, 0.5) is 13.2 Å². The molecular formula is C15H11Cl2F3. The molecular weight excluding hydrogens is 308 g/mol. The molecule has 0 aliphatic rings. The van der Waals surface area contributed by atoms with Crippen molar-refractivity contribution in [3.8, 4) is 0 Å². The van der Waals surface area contributed by atoms with Crippen molar-refractivity contribution in [1.82, 2.24) is 0 Å². The lowest BCUT2D eigenvalue weighted by Crippen LogP contribution is -2.03. The zero-order valence-corrected chi connectivity index (χ0v) is 12.3. The van der Waals surface area contributed by atoms with Crippen LogP contribution in [0.5, 0.6) is 0 Å². The molecule has 5 heteroatoms. The highest BCUT2D eigenvalue weighted by Gasteiger charge is 2.22. The Balaban J connectivity index is 2.55. The standard InChI is InChI=1S/C15H11Cl2F3/c1-7-5-10(11(16)6-8(7)2)13(17)9-3-4-12(18)15(20)14(9)19/h3-6,13H,1-2H3. The van der Waals surface area contributed by atoms with Gasteiger partial charge in [-0.2, -0.15) is 0 Å². The first-order valence-corrected chi connectivity index (χ1v) is 6.68. The van der Waals surface area contributed by atoms with Crippen LogP contribution in [0, 0.1) is 31.3 Å². The van der Waals surface area contributed by atoms with E-state index in [1.54, 1.807) is 12.1 Å². The molecule has 2 aromatic carbocycles. The van der Waals surface area contributed by atoms with Crippen LogP contribution >= 0.6 is 23.2 Å². The van der Waals surface area contributed by atoms with E-state index in [0.717, 1.165) is 23.3 Å². The fourth-order valence-electron chi connectivity index (χ4n) is 1.90. The summed E-state index contributed by atoms with van der Waals surface area (Å²) in [7, 11) is 0. The highest BCUT2D eigenvalue weighted by Crippen LogP contribution is 2.37. The molecule has 0 radical (unpaired) electrons. The molecule has 0 heterocycles. The zero-order chi connectivity index (χ0) is 15.0. The first kappa shape index (κ1) is 15.2. The Kier molecular flexibility index (Phi) is 4.31. The minimum atomic E-state index is -1.53. The van der Waals surface area contributed by atoms with Gasteiger partial charge in [0.25, 0.3) is 0 Å². The largest absolute Gasteiger partial charge is 0.204 e. The number of benzene rings is 2. The smallest absolute Gasteiger partial charge is 0.194 e. The molecule has 20 heavy (non-hydrogen) atoms. The third-order valence-electron chi connectivity index (χ3n) is 3.22. The molecule has 0 amide bonds. The Bertz CT molecular complexity index is 667. The van der Waals surface area contributed by atoms with E-state index in [2.05, 4.69) is 0 Å². The monoisotopic (exact) mass is 318 g/mol. The number of rotatable bonds is 2. The fraction of sp³-hybridized carbons (Fsp3) is 0.200. The average Bonchev–Trinajstić information content (AvgIpc) is 2.40. The molecule has 0 fully saturated rings. The van der Waals surface area contributed by atoms with Crippen molar-refractivity contribution >= 4 is 23.2 Å². The van der Waals surface area contributed by atoms with Crippen LogP contribution in [0.3, 0.4) is 0 Å². The van der Waals surface area contributed by atoms with E-state index in [1.807, 2.05) is 13.8 Å². The van der Waals surface area contributed by atoms with Crippen molar-refractivity contribution in [2.75, 3.05) is 0 Å². The molecule has 0 aromatic heterocycles. The molecule has 0 N–H and O–H groups in total. The van der Waals surface area contributed by atoms with Gasteiger partial charge in [-0.3, -0.25) is 0 Å². The van der Waals surface area contributed by atoms with Crippen molar-refractivity contribution in [1.29, 1.82) is 0 Å². The predicted octanol–water partition coefficient (Wildman–Crippen LogP) is 5.70. The van der Waals surface area contributed by atoms with Crippen molar-refractivity contribution < 1.29 is 13.2 Å². The lowest BCUT2D eigenvalue weighted by Gasteiger charge is -2.15. The van der Waals surface area contributed by atoms with Crippen LogP contribution in [0.1, 0.15) is 27.6 Å². The number of hydrogen-bond acceptors (Lipinski definition) is 0. The van der Waals surface area contributed by atoms with Crippen molar-refractivity contribution in [3.05, 3.63) is 69.0 Å². The number of aryl methyl sites for hydroxylation is 2. The molecule has 0 spiro atoms.